The van der Waals surface area contributed by atoms with Gasteiger partial charge in [0.05, 0.1) is 5.75 Å². The minimum atomic E-state index is -3.48. The molecule has 0 aromatic rings. The molecule has 58 valence electrons. The van der Waals surface area contributed by atoms with E-state index in [4.69, 9.17) is 0 Å². The van der Waals surface area contributed by atoms with Crippen LogP contribution in [0.4, 0.5) is 4.39 Å². The fourth-order valence-corrected chi connectivity index (χ4v) is 1.37. The van der Waals surface area contributed by atoms with Crippen molar-refractivity contribution in [2.45, 2.75) is 6.17 Å². The summed E-state index contributed by atoms with van der Waals surface area (Å²) in [5.41, 5.74) is 0. The zero-order valence-electron chi connectivity index (χ0n) is 5.16. The molecular weight excluding hydrogens is 159 g/mol. The summed E-state index contributed by atoms with van der Waals surface area (Å²) in [4.78, 5) is 0. The van der Waals surface area contributed by atoms with Gasteiger partial charge in [0.25, 0.3) is 10.1 Å². The maximum atomic E-state index is 12.3. The number of alkyl halides is 1. The summed E-state index contributed by atoms with van der Waals surface area (Å²) in [5, 5.41) is 0. The Kier molecular flexibility index (Phi) is 2.05. The molecule has 0 bridgehead atoms. The van der Waals surface area contributed by atoms with Crippen LogP contribution in [0.2, 0.25) is 0 Å². The van der Waals surface area contributed by atoms with Crippen molar-refractivity contribution in [1.82, 2.24) is 0 Å². The average molecular weight is 166 g/mol. The molecule has 0 N–H and O–H groups in total. The van der Waals surface area contributed by atoms with E-state index in [0.717, 1.165) is 0 Å². The summed E-state index contributed by atoms with van der Waals surface area (Å²) in [6, 6.07) is 0. The molecule has 0 aromatic heterocycles. The van der Waals surface area contributed by atoms with Crippen LogP contribution in [-0.4, -0.2) is 26.9 Å². The van der Waals surface area contributed by atoms with E-state index >= 15 is 0 Å². The largest absolute Gasteiger partial charge is 0.271 e. The summed E-state index contributed by atoms with van der Waals surface area (Å²) in [7, 11) is -3.48. The fraction of sp³-hybridized carbons (Fsp3) is 0.600. The summed E-state index contributed by atoms with van der Waals surface area (Å²) in [6.45, 7) is -0.390. The molecule has 0 aliphatic carbocycles. The second-order valence-electron chi connectivity index (χ2n) is 1.95. The Labute approximate surface area is 58.6 Å². The van der Waals surface area contributed by atoms with Crippen molar-refractivity contribution in [1.29, 1.82) is 0 Å². The van der Waals surface area contributed by atoms with Crippen molar-refractivity contribution >= 4 is 10.1 Å². The molecule has 0 saturated carbocycles. The molecule has 10 heavy (non-hydrogen) atoms. The Bertz CT molecular complexity index is 231. The van der Waals surface area contributed by atoms with Crippen LogP contribution in [0.1, 0.15) is 0 Å². The van der Waals surface area contributed by atoms with E-state index in [0.29, 0.717) is 0 Å². The van der Waals surface area contributed by atoms with Gasteiger partial charge in [-0.2, -0.15) is 8.42 Å². The van der Waals surface area contributed by atoms with Gasteiger partial charge in [0.15, 0.2) is 0 Å². The third-order valence-electron chi connectivity index (χ3n) is 1.05. The van der Waals surface area contributed by atoms with Gasteiger partial charge in [0, 0.05) is 0 Å². The second-order valence-corrected chi connectivity index (χ2v) is 3.64. The molecule has 0 aromatic carbocycles. The SMILES string of the molecule is O=S1(=O)CC=CC(F)CO1. The first-order valence-electron chi connectivity index (χ1n) is 2.78. The number of rotatable bonds is 0. The van der Waals surface area contributed by atoms with Crippen molar-refractivity contribution in [3.05, 3.63) is 12.2 Å². The molecule has 1 atom stereocenters. The lowest BCUT2D eigenvalue weighted by Crippen LogP contribution is -2.11. The average Bonchev–Trinajstić information content (AvgIpc) is 1.94. The van der Waals surface area contributed by atoms with Gasteiger partial charge >= 0.3 is 0 Å². The van der Waals surface area contributed by atoms with Gasteiger partial charge in [-0.25, -0.2) is 4.39 Å². The second kappa shape index (κ2) is 2.67. The molecule has 3 nitrogen and oxygen atoms in total. The maximum absolute atomic E-state index is 12.3. The van der Waals surface area contributed by atoms with Crippen molar-refractivity contribution in [3.63, 3.8) is 0 Å². The quantitative estimate of drug-likeness (QED) is 0.382. The fourth-order valence-electron chi connectivity index (χ4n) is 0.593. The topological polar surface area (TPSA) is 43.4 Å². The summed E-state index contributed by atoms with van der Waals surface area (Å²) in [5.74, 6) is -0.229. The Morgan fingerprint density at radius 2 is 2.30 bits per heavy atom. The van der Waals surface area contributed by atoms with E-state index in [1.54, 1.807) is 0 Å². The normalized spacial score (nSPS) is 31.5. The van der Waals surface area contributed by atoms with Gasteiger partial charge in [-0.1, -0.05) is 12.2 Å². The van der Waals surface area contributed by atoms with E-state index in [1.807, 2.05) is 0 Å². The first-order chi connectivity index (χ1) is 4.60. The molecule has 1 heterocycles. The zero-order chi connectivity index (χ0) is 7.61. The van der Waals surface area contributed by atoms with Gasteiger partial charge in [-0.15, -0.1) is 0 Å². The van der Waals surface area contributed by atoms with Crippen molar-refractivity contribution < 1.29 is 17.0 Å². The van der Waals surface area contributed by atoms with Gasteiger partial charge in [0.1, 0.15) is 12.8 Å². The lowest BCUT2D eigenvalue weighted by atomic mass is 10.4. The highest BCUT2D eigenvalue weighted by atomic mass is 32.2. The van der Waals surface area contributed by atoms with Crippen LogP contribution in [-0.2, 0) is 14.3 Å². The predicted molar refractivity (Wildman–Crippen MR) is 33.8 cm³/mol. The molecular formula is C5H7FO3S. The van der Waals surface area contributed by atoms with Gasteiger partial charge in [-0.05, 0) is 0 Å². The van der Waals surface area contributed by atoms with Gasteiger partial charge < -0.3 is 0 Å². The number of hydrogen-bond donors (Lipinski definition) is 0. The minimum absolute atomic E-state index is 0.229. The molecule has 1 aliphatic rings. The molecule has 0 spiro atoms. The molecule has 0 amide bonds. The lowest BCUT2D eigenvalue weighted by molar-refractivity contribution is 0.237. The van der Waals surface area contributed by atoms with E-state index in [1.165, 1.54) is 12.2 Å². The third-order valence-corrected chi connectivity index (χ3v) is 2.15. The molecule has 0 radical (unpaired) electrons. The van der Waals surface area contributed by atoms with Crippen LogP contribution in [0.3, 0.4) is 0 Å². The minimum Gasteiger partial charge on any atom is -0.266 e. The zero-order valence-corrected chi connectivity index (χ0v) is 5.97. The third kappa shape index (κ3) is 2.07. The van der Waals surface area contributed by atoms with Crippen LogP contribution in [0.25, 0.3) is 0 Å². The van der Waals surface area contributed by atoms with E-state index < -0.39 is 22.9 Å². The Morgan fingerprint density at radius 3 is 3.00 bits per heavy atom. The molecule has 1 rings (SSSR count). The van der Waals surface area contributed by atoms with E-state index in [2.05, 4.69) is 4.18 Å². The van der Waals surface area contributed by atoms with Crippen molar-refractivity contribution in [2.24, 2.45) is 0 Å². The van der Waals surface area contributed by atoms with Gasteiger partial charge in [0.2, 0.25) is 0 Å². The molecule has 1 unspecified atom stereocenters. The predicted octanol–water partition coefficient (Wildman–Crippen LogP) is 0.241. The van der Waals surface area contributed by atoms with Gasteiger partial charge in [-0.3, -0.25) is 4.18 Å². The highest BCUT2D eigenvalue weighted by Gasteiger charge is 2.15. The van der Waals surface area contributed by atoms with Crippen LogP contribution >= 0.6 is 0 Å². The Hall–Kier alpha value is -0.420. The lowest BCUT2D eigenvalue weighted by Gasteiger charge is -1.99. The summed E-state index contributed by atoms with van der Waals surface area (Å²) >= 11 is 0. The van der Waals surface area contributed by atoms with Crippen LogP contribution in [0.5, 0.6) is 0 Å². The monoisotopic (exact) mass is 166 g/mol. The summed E-state index contributed by atoms with van der Waals surface area (Å²) < 4.78 is 37.7. The molecule has 1 aliphatic heterocycles. The van der Waals surface area contributed by atoms with Crippen molar-refractivity contribution in [2.75, 3.05) is 12.4 Å². The Balaban J connectivity index is 2.71. The smallest absolute Gasteiger partial charge is 0.266 e. The first-order valence-corrected chi connectivity index (χ1v) is 4.36. The first kappa shape index (κ1) is 7.68. The number of halogens is 1. The summed E-state index contributed by atoms with van der Waals surface area (Å²) in [6.07, 6.45) is 1.15. The maximum Gasteiger partial charge on any atom is 0.271 e. The number of hydrogen-bond acceptors (Lipinski definition) is 3. The van der Waals surface area contributed by atoms with E-state index in [9.17, 15) is 12.8 Å². The molecule has 5 heteroatoms. The molecule has 0 fully saturated rings. The highest BCUT2D eigenvalue weighted by Crippen LogP contribution is 2.05. The molecule has 0 saturated heterocycles. The Morgan fingerprint density at radius 1 is 1.60 bits per heavy atom. The highest BCUT2D eigenvalue weighted by molar-refractivity contribution is 7.86. The van der Waals surface area contributed by atoms with Crippen LogP contribution in [0.15, 0.2) is 12.2 Å². The van der Waals surface area contributed by atoms with Crippen LogP contribution < -0.4 is 0 Å². The van der Waals surface area contributed by atoms with Crippen molar-refractivity contribution in [3.8, 4) is 0 Å². The van der Waals surface area contributed by atoms with Crippen LogP contribution in [0, 0.1) is 0 Å². The van der Waals surface area contributed by atoms with E-state index in [-0.39, 0.29) is 5.75 Å². The standard InChI is InChI=1S/C5H7FO3S/c6-5-2-1-3-10(7,8)9-4-5/h1-2,5H,3-4H2.